The third-order valence-electron chi connectivity index (χ3n) is 3.97. The second-order valence-electron chi connectivity index (χ2n) is 6.87. The predicted octanol–water partition coefficient (Wildman–Crippen LogP) is 2.86. The Labute approximate surface area is 149 Å². The van der Waals surface area contributed by atoms with Crippen LogP contribution in [-0.4, -0.2) is 43.8 Å². The largest absolute Gasteiger partial charge is 0.493 e. The molecule has 25 heavy (non-hydrogen) atoms. The van der Waals surface area contributed by atoms with Gasteiger partial charge in [0.2, 0.25) is 0 Å². The molecule has 0 unspecified atom stereocenters. The molecule has 1 aromatic carbocycles. The van der Waals surface area contributed by atoms with Gasteiger partial charge in [0.25, 0.3) is 0 Å². The Morgan fingerprint density at radius 2 is 1.72 bits per heavy atom. The van der Waals surface area contributed by atoms with Crippen LogP contribution in [0.4, 0.5) is 0 Å². The third-order valence-corrected chi connectivity index (χ3v) is 3.97. The van der Waals surface area contributed by atoms with Gasteiger partial charge < -0.3 is 19.3 Å². The summed E-state index contributed by atoms with van der Waals surface area (Å²) in [6.07, 6.45) is -1.15. The molecule has 0 bridgehead atoms. The number of ketones is 1. The molecule has 6 heteroatoms. The van der Waals surface area contributed by atoms with E-state index in [0.717, 1.165) is 0 Å². The van der Waals surface area contributed by atoms with Gasteiger partial charge in [-0.05, 0) is 30.5 Å². The maximum Gasteiger partial charge on any atom is 0.312 e. The number of rotatable bonds is 8. The highest BCUT2D eigenvalue weighted by Crippen LogP contribution is 2.31. The molecule has 1 aromatic rings. The molecule has 0 spiro atoms. The average Bonchev–Trinajstić information content (AvgIpc) is 2.57. The summed E-state index contributed by atoms with van der Waals surface area (Å²) < 4.78 is 15.4. The number of Topliss-reactive ketones (excluding diaryl/α,β-unsaturated/α-hetero) is 1. The molecule has 0 radical (unpaired) electrons. The molecule has 0 aliphatic heterocycles. The maximum absolute atomic E-state index is 12.6. The zero-order chi connectivity index (χ0) is 19.2. The summed E-state index contributed by atoms with van der Waals surface area (Å²) in [5, 5.41) is 10.5. The first-order valence-electron chi connectivity index (χ1n) is 8.25. The lowest BCUT2D eigenvalue weighted by molar-refractivity contribution is -0.155. The lowest BCUT2D eigenvalue weighted by Crippen LogP contribution is -2.40. The summed E-state index contributed by atoms with van der Waals surface area (Å²) in [6, 6.07) is 4.80. The highest BCUT2D eigenvalue weighted by molar-refractivity contribution is 5.98. The van der Waals surface area contributed by atoms with Crippen molar-refractivity contribution >= 4 is 11.8 Å². The van der Waals surface area contributed by atoms with Crippen LogP contribution in [0.15, 0.2) is 18.2 Å². The number of benzene rings is 1. The van der Waals surface area contributed by atoms with Crippen molar-refractivity contribution in [2.24, 2.45) is 11.3 Å². The van der Waals surface area contributed by atoms with E-state index in [9.17, 15) is 14.7 Å². The van der Waals surface area contributed by atoms with Crippen LogP contribution in [0.3, 0.4) is 0 Å². The average molecular weight is 352 g/mol. The molecule has 0 aliphatic carbocycles. The van der Waals surface area contributed by atoms with Gasteiger partial charge in [-0.25, -0.2) is 0 Å². The number of carbonyl (C=O) groups is 2. The van der Waals surface area contributed by atoms with Crippen LogP contribution in [0.25, 0.3) is 0 Å². The van der Waals surface area contributed by atoms with E-state index in [1.54, 1.807) is 25.1 Å². The Bertz CT molecular complexity index is 602. The van der Waals surface area contributed by atoms with Crippen molar-refractivity contribution in [1.82, 2.24) is 0 Å². The lowest BCUT2D eigenvalue weighted by Gasteiger charge is -2.31. The number of hydrogen-bond acceptors (Lipinski definition) is 6. The lowest BCUT2D eigenvalue weighted by atomic mass is 9.78. The van der Waals surface area contributed by atoms with Crippen LogP contribution >= 0.6 is 0 Å². The number of aliphatic hydroxyl groups is 1. The van der Waals surface area contributed by atoms with E-state index in [4.69, 9.17) is 14.2 Å². The van der Waals surface area contributed by atoms with E-state index in [-0.39, 0.29) is 18.8 Å². The highest BCUT2D eigenvalue weighted by atomic mass is 16.5. The minimum Gasteiger partial charge on any atom is -0.493 e. The Morgan fingerprint density at radius 1 is 1.12 bits per heavy atom. The topological polar surface area (TPSA) is 82.1 Å². The van der Waals surface area contributed by atoms with Gasteiger partial charge >= 0.3 is 5.97 Å². The Morgan fingerprint density at radius 3 is 2.20 bits per heavy atom. The number of ether oxygens (including phenoxy) is 3. The zero-order valence-electron chi connectivity index (χ0n) is 15.8. The molecular formula is C19H28O6. The second-order valence-corrected chi connectivity index (χ2v) is 6.87. The summed E-state index contributed by atoms with van der Waals surface area (Å²) in [5.74, 6) is -0.838. The highest BCUT2D eigenvalue weighted by Gasteiger charge is 2.37. The Kier molecular flexibility index (Phi) is 7.42. The molecule has 0 heterocycles. The molecular weight excluding hydrogens is 324 g/mol. The molecule has 2 atom stereocenters. The van der Waals surface area contributed by atoms with E-state index in [1.807, 2.05) is 20.8 Å². The standard InChI is InChI=1S/C19H28O6/c1-7-25-18(22)13(17(21)19(2,3)4)11-14(20)12-8-9-15(23-5)16(10-12)24-6/h8-10,13,17,21H,7,11H2,1-6H3/t13-,17-/m0/s1. The van der Waals surface area contributed by atoms with Crippen molar-refractivity contribution < 1.29 is 28.9 Å². The molecule has 1 N–H and O–H groups in total. The van der Waals surface area contributed by atoms with Crippen molar-refractivity contribution in [2.75, 3.05) is 20.8 Å². The number of aliphatic hydroxyl groups excluding tert-OH is 1. The van der Waals surface area contributed by atoms with Gasteiger partial charge in [-0.2, -0.15) is 0 Å². The monoisotopic (exact) mass is 352 g/mol. The molecule has 0 aromatic heterocycles. The van der Waals surface area contributed by atoms with Crippen molar-refractivity contribution in [1.29, 1.82) is 0 Å². The Balaban J connectivity index is 3.07. The summed E-state index contributed by atoms with van der Waals surface area (Å²) in [6.45, 7) is 7.31. The first-order chi connectivity index (χ1) is 11.6. The van der Waals surface area contributed by atoms with Crippen LogP contribution in [-0.2, 0) is 9.53 Å². The fourth-order valence-corrected chi connectivity index (χ4v) is 2.50. The first kappa shape index (κ1) is 21.0. The van der Waals surface area contributed by atoms with E-state index in [0.29, 0.717) is 17.1 Å². The number of carbonyl (C=O) groups excluding carboxylic acids is 2. The molecule has 0 amide bonds. The van der Waals surface area contributed by atoms with Gasteiger partial charge in [0, 0.05) is 12.0 Å². The van der Waals surface area contributed by atoms with Crippen molar-refractivity contribution in [3.05, 3.63) is 23.8 Å². The van der Waals surface area contributed by atoms with Gasteiger partial charge in [-0.3, -0.25) is 9.59 Å². The van der Waals surface area contributed by atoms with Crippen LogP contribution in [0, 0.1) is 11.3 Å². The fourth-order valence-electron chi connectivity index (χ4n) is 2.50. The SMILES string of the molecule is CCOC(=O)[C@@H](CC(=O)c1ccc(OC)c(OC)c1)[C@H](O)C(C)(C)C. The third kappa shape index (κ3) is 5.46. The zero-order valence-corrected chi connectivity index (χ0v) is 15.8. The molecule has 0 fully saturated rings. The summed E-state index contributed by atoms with van der Waals surface area (Å²) >= 11 is 0. The molecule has 140 valence electrons. The molecule has 0 aliphatic rings. The maximum atomic E-state index is 12.6. The summed E-state index contributed by atoms with van der Waals surface area (Å²) in [4.78, 5) is 24.9. The minimum absolute atomic E-state index is 0.146. The van der Waals surface area contributed by atoms with Gasteiger partial charge in [0.05, 0.1) is 32.8 Å². The smallest absolute Gasteiger partial charge is 0.312 e. The normalized spacial score (nSPS) is 13.7. The van der Waals surface area contributed by atoms with Gasteiger partial charge in [-0.1, -0.05) is 20.8 Å². The number of esters is 1. The van der Waals surface area contributed by atoms with Crippen molar-refractivity contribution in [2.45, 2.75) is 40.2 Å². The first-order valence-corrected chi connectivity index (χ1v) is 8.25. The van der Waals surface area contributed by atoms with E-state index in [1.165, 1.54) is 14.2 Å². The second kappa shape index (κ2) is 8.85. The minimum atomic E-state index is -1.00. The Hall–Kier alpha value is -2.08. The van der Waals surface area contributed by atoms with E-state index in [2.05, 4.69) is 0 Å². The summed E-state index contributed by atoms with van der Waals surface area (Å²) in [5.41, 5.74) is -0.178. The predicted molar refractivity (Wildman–Crippen MR) is 94.1 cm³/mol. The van der Waals surface area contributed by atoms with E-state index < -0.39 is 23.4 Å². The number of methoxy groups -OCH3 is 2. The summed E-state index contributed by atoms with van der Waals surface area (Å²) in [7, 11) is 2.99. The van der Waals surface area contributed by atoms with Crippen molar-refractivity contribution in [3.8, 4) is 11.5 Å². The molecule has 0 saturated carbocycles. The van der Waals surface area contributed by atoms with E-state index >= 15 is 0 Å². The quantitative estimate of drug-likeness (QED) is 0.572. The van der Waals surface area contributed by atoms with Crippen molar-refractivity contribution in [3.63, 3.8) is 0 Å². The van der Waals surface area contributed by atoms with Crippen LogP contribution in [0.5, 0.6) is 11.5 Å². The molecule has 1 rings (SSSR count). The fraction of sp³-hybridized carbons (Fsp3) is 0.579. The van der Waals surface area contributed by atoms with Crippen LogP contribution in [0.1, 0.15) is 44.5 Å². The number of hydrogen-bond donors (Lipinski definition) is 1. The van der Waals surface area contributed by atoms with Gasteiger partial charge in [0.1, 0.15) is 0 Å². The van der Waals surface area contributed by atoms with Crippen LogP contribution < -0.4 is 9.47 Å². The molecule has 6 nitrogen and oxygen atoms in total. The molecule has 0 saturated heterocycles. The van der Waals surface area contributed by atoms with Gasteiger partial charge in [0.15, 0.2) is 17.3 Å². The van der Waals surface area contributed by atoms with Gasteiger partial charge in [-0.15, -0.1) is 0 Å². The van der Waals surface area contributed by atoms with Crippen LogP contribution in [0.2, 0.25) is 0 Å².